The number of ether oxygens (including phenoxy) is 1. The van der Waals surface area contributed by atoms with Gasteiger partial charge in [0.15, 0.2) is 0 Å². The number of aliphatic carboxylic acids is 1. The van der Waals surface area contributed by atoms with E-state index in [1.807, 2.05) is 13.8 Å². The van der Waals surface area contributed by atoms with Crippen LogP contribution < -0.4 is 0 Å². The summed E-state index contributed by atoms with van der Waals surface area (Å²) in [5.74, 6) is -0.892. The van der Waals surface area contributed by atoms with Crippen molar-refractivity contribution in [2.24, 2.45) is 0 Å². The van der Waals surface area contributed by atoms with E-state index in [1.54, 1.807) is 12.0 Å². The third-order valence-corrected chi connectivity index (χ3v) is 2.47. The summed E-state index contributed by atoms with van der Waals surface area (Å²) in [6.45, 7) is 6.07. The van der Waals surface area contributed by atoms with Crippen molar-refractivity contribution in [2.45, 2.75) is 20.3 Å². The van der Waals surface area contributed by atoms with E-state index in [-0.39, 0.29) is 19.0 Å². The van der Waals surface area contributed by atoms with Gasteiger partial charge in [0.25, 0.3) is 0 Å². The molecule has 0 radical (unpaired) electrons. The molecule has 0 aliphatic carbocycles. The van der Waals surface area contributed by atoms with E-state index in [0.717, 1.165) is 0 Å². The summed E-state index contributed by atoms with van der Waals surface area (Å²) < 4.78 is 4.93. The van der Waals surface area contributed by atoms with Crippen molar-refractivity contribution in [3.63, 3.8) is 0 Å². The molecule has 6 heteroatoms. The highest BCUT2D eigenvalue weighted by Gasteiger charge is 2.18. The van der Waals surface area contributed by atoms with Crippen LogP contribution in [-0.2, 0) is 9.53 Å². The van der Waals surface area contributed by atoms with E-state index in [4.69, 9.17) is 9.84 Å². The zero-order valence-electron chi connectivity index (χ0n) is 10.8. The van der Waals surface area contributed by atoms with Gasteiger partial charge in [0.2, 0.25) is 0 Å². The van der Waals surface area contributed by atoms with Crippen molar-refractivity contribution in [1.82, 2.24) is 9.80 Å². The molecule has 0 unspecified atom stereocenters. The van der Waals surface area contributed by atoms with Crippen molar-refractivity contribution >= 4 is 12.0 Å². The van der Waals surface area contributed by atoms with E-state index in [0.29, 0.717) is 26.2 Å². The fourth-order valence-electron chi connectivity index (χ4n) is 1.41. The van der Waals surface area contributed by atoms with Crippen LogP contribution in [0.15, 0.2) is 0 Å². The molecule has 0 saturated heterocycles. The van der Waals surface area contributed by atoms with E-state index >= 15 is 0 Å². The molecule has 17 heavy (non-hydrogen) atoms. The van der Waals surface area contributed by atoms with Gasteiger partial charge < -0.3 is 19.6 Å². The largest absolute Gasteiger partial charge is 0.481 e. The number of methoxy groups -OCH3 is 1. The van der Waals surface area contributed by atoms with Crippen molar-refractivity contribution in [3.8, 4) is 0 Å². The molecule has 6 nitrogen and oxygen atoms in total. The fourth-order valence-corrected chi connectivity index (χ4v) is 1.41. The number of rotatable bonds is 8. The Kier molecular flexibility index (Phi) is 8.13. The van der Waals surface area contributed by atoms with E-state index < -0.39 is 5.97 Å². The van der Waals surface area contributed by atoms with Gasteiger partial charge in [0.05, 0.1) is 13.0 Å². The SMILES string of the molecule is CCN(CCOC)C(=O)N(CC)CCC(=O)O. The number of carboxylic acids is 1. The van der Waals surface area contributed by atoms with Crippen LogP contribution in [0, 0.1) is 0 Å². The van der Waals surface area contributed by atoms with Crippen LogP contribution in [0.4, 0.5) is 4.79 Å². The van der Waals surface area contributed by atoms with Gasteiger partial charge in [-0.05, 0) is 13.8 Å². The summed E-state index contributed by atoms with van der Waals surface area (Å²) in [5.41, 5.74) is 0. The quantitative estimate of drug-likeness (QED) is 0.690. The number of urea groups is 1. The van der Waals surface area contributed by atoms with Gasteiger partial charge in [0.1, 0.15) is 0 Å². The Balaban J connectivity index is 4.31. The molecule has 0 bridgehead atoms. The average molecular weight is 246 g/mol. The number of likely N-dealkylation sites (N-methyl/N-ethyl adjacent to an activating group) is 1. The molecule has 0 rings (SSSR count). The molecule has 100 valence electrons. The molecule has 0 aromatic heterocycles. The van der Waals surface area contributed by atoms with Crippen LogP contribution in [-0.4, -0.2) is 66.8 Å². The number of carbonyl (C=O) groups excluding carboxylic acids is 1. The number of hydrogen-bond acceptors (Lipinski definition) is 3. The number of amides is 2. The Morgan fingerprint density at radius 3 is 2.06 bits per heavy atom. The highest BCUT2D eigenvalue weighted by molar-refractivity contribution is 5.75. The molecule has 0 aliphatic rings. The smallest absolute Gasteiger partial charge is 0.320 e. The predicted molar refractivity (Wildman–Crippen MR) is 64.0 cm³/mol. The number of carbonyl (C=O) groups is 2. The third-order valence-electron chi connectivity index (χ3n) is 2.47. The Hall–Kier alpha value is -1.30. The number of nitrogens with zero attached hydrogens (tertiary/aromatic N) is 2. The van der Waals surface area contributed by atoms with Gasteiger partial charge in [-0.3, -0.25) is 4.79 Å². The Morgan fingerprint density at radius 1 is 1.12 bits per heavy atom. The normalized spacial score (nSPS) is 10.1. The topological polar surface area (TPSA) is 70.1 Å². The zero-order chi connectivity index (χ0) is 13.3. The molecule has 0 atom stereocenters. The van der Waals surface area contributed by atoms with Crippen molar-refractivity contribution in [3.05, 3.63) is 0 Å². The van der Waals surface area contributed by atoms with Crippen LogP contribution >= 0.6 is 0 Å². The maximum Gasteiger partial charge on any atom is 0.320 e. The number of carboxylic acid groups (broad SMARTS) is 1. The Morgan fingerprint density at radius 2 is 1.65 bits per heavy atom. The molecule has 0 heterocycles. The lowest BCUT2D eigenvalue weighted by atomic mass is 10.4. The molecule has 0 aromatic carbocycles. The van der Waals surface area contributed by atoms with Crippen LogP contribution in [0.2, 0.25) is 0 Å². The Labute approximate surface area is 102 Å². The maximum atomic E-state index is 12.0. The van der Waals surface area contributed by atoms with Crippen LogP contribution in [0.3, 0.4) is 0 Å². The van der Waals surface area contributed by atoms with E-state index in [1.165, 1.54) is 4.90 Å². The lowest BCUT2D eigenvalue weighted by molar-refractivity contribution is -0.137. The first-order chi connectivity index (χ1) is 8.06. The summed E-state index contributed by atoms with van der Waals surface area (Å²) >= 11 is 0. The van der Waals surface area contributed by atoms with Gasteiger partial charge >= 0.3 is 12.0 Å². The van der Waals surface area contributed by atoms with Gasteiger partial charge in [-0.2, -0.15) is 0 Å². The summed E-state index contributed by atoms with van der Waals surface area (Å²) in [5, 5.41) is 8.61. The molecule has 1 N–H and O–H groups in total. The minimum atomic E-state index is -0.892. The summed E-state index contributed by atoms with van der Waals surface area (Å²) in [4.78, 5) is 25.7. The summed E-state index contributed by atoms with van der Waals surface area (Å²) in [6.07, 6.45) is -0.0264. The molecule has 0 saturated carbocycles. The summed E-state index contributed by atoms with van der Waals surface area (Å²) in [7, 11) is 1.58. The van der Waals surface area contributed by atoms with Crippen molar-refractivity contribution < 1.29 is 19.4 Å². The third kappa shape index (κ3) is 6.11. The van der Waals surface area contributed by atoms with Crippen LogP contribution in [0.25, 0.3) is 0 Å². The Bertz CT molecular complexity index is 246. The fraction of sp³-hybridized carbons (Fsp3) is 0.818. The highest BCUT2D eigenvalue weighted by atomic mass is 16.5. The highest BCUT2D eigenvalue weighted by Crippen LogP contribution is 2.01. The molecule has 0 aromatic rings. The second-order valence-electron chi connectivity index (χ2n) is 3.58. The molecular formula is C11H22N2O4. The van der Waals surface area contributed by atoms with Crippen molar-refractivity contribution in [2.75, 3.05) is 39.9 Å². The zero-order valence-corrected chi connectivity index (χ0v) is 10.8. The molecule has 0 spiro atoms. The van der Waals surface area contributed by atoms with Gasteiger partial charge in [-0.15, -0.1) is 0 Å². The predicted octanol–water partition coefficient (Wildman–Crippen LogP) is 0.871. The minimum absolute atomic E-state index is 0.0264. The second-order valence-corrected chi connectivity index (χ2v) is 3.58. The monoisotopic (exact) mass is 246 g/mol. The first-order valence-electron chi connectivity index (χ1n) is 5.81. The maximum absolute atomic E-state index is 12.0. The van der Waals surface area contributed by atoms with Crippen LogP contribution in [0.1, 0.15) is 20.3 Å². The average Bonchev–Trinajstić information content (AvgIpc) is 2.30. The van der Waals surface area contributed by atoms with Gasteiger partial charge in [-0.1, -0.05) is 0 Å². The number of hydrogen-bond donors (Lipinski definition) is 1. The lowest BCUT2D eigenvalue weighted by Gasteiger charge is -2.28. The van der Waals surface area contributed by atoms with E-state index in [2.05, 4.69) is 0 Å². The second kappa shape index (κ2) is 8.81. The minimum Gasteiger partial charge on any atom is -0.481 e. The molecule has 2 amide bonds. The van der Waals surface area contributed by atoms with Gasteiger partial charge in [0, 0.05) is 33.3 Å². The standard InChI is InChI=1S/C11H22N2O4/c1-4-12(7-6-10(14)15)11(16)13(5-2)8-9-17-3/h4-9H2,1-3H3,(H,14,15). The van der Waals surface area contributed by atoms with Crippen LogP contribution in [0.5, 0.6) is 0 Å². The molecule has 0 fully saturated rings. The lowest BCUT2D eigenvalue weighted by Crippen LogP contribution is -2.45. The molecule has 0 aliphatic heterocycles. The van der Waals surface area contributed by atoms with Crippen molar-refractivity contribution in [1.29, 1.82) is 0 Å². The first kappa shape index (κ1) is 15.7. The molecular weight excluding hydrogens is 224 g/mol. The van der Waals surface area contributed by atoms with Gasteiger partial charge in [-0.25, -0.2) is 4.79 Å². The first-order valence-corrected chi connectivity index (χ1v) is 5.81. The van der Waals surface area contributed by atoms with E-state index in [9.17, 15) is 9.59 Å². The summed E-state index contributed by atoms with van der Waals surface area (Å²) in [6, 6.07) is -0.131.